The van der Waals surface area contributed by atoms with E-state index in [-0.39, 0.29) is 6.29 Å². The van der Waals surface area contributed by atoms with Crippen LogP contribution in [0.1, 0.15) is 0 Å². The maximum absolute atomic E-state index is 10.3. The van der Waals surface area contributed by atoms with E-state index in [0.717, 1.165) is 0 Å². The maximum atomic E-state index is 10.3. The molecule has 0 aromatic heterocycles. The average Bonchev–Trinajstić information content (AvgIpc) is 2.34. The van der Waals surface area contributed by atoms with Crippen molar-refractivity contribution in [2.75, 3.05) is 12.9 Å². The fraction of sp³-hybridized carbons (Fsp3) is 0.800. The fourth-order valence-corrected chi connectivity index (χ4v) is 1.53. The Bertz CT molecular complexity index is 138. The summed E-state index contributed by atoms with van der Waals surface area (Å²) in [5.41, 5.74) is -0.745. The number of aliphatic carboxylic acids is 1. The molecule has 1 rings (SSSR count). The second-order valence-electron chi connectivity index (χ2n) is 1.80. The van der Waals surface area contributed by atoms with Gasteiger partial charge in [0, 0.05) is 12.9 Å². The highest BCUT2D eigenvalue weighted by atomic mass is 32.2. The molecule has 1 N–H and O–H groups in total. The van der Waals surface area contributed by atoms with Crippen LogP contribution in [0.15, 0.2) is 0 Å². The molecule has 0 bridgehead atoms. The zero-order valence-electron chi connectivity index (χ0n) is 5.44. The number of thioether (sulfide) groups is 1. The standard InChI is InChI=1S/C5H8O4S/c1-8-3-2-10-5(9-3)4(6)7/h3,5H,2H2,1H3,(H,6,7)/t3?,5-/m1/s1. The number of carbonyl (C=O) groups is 1. The highest BCUT2D eigenvalue weighted by molar-refractivity contribution is 8.00. The molecule has 0 saturated carbocycles. The molecule has 1 aliphatic heterocycles. The maximum Gasteiger partial charge on any atom is 0.343 e. The Kier molecular flexibility index (Phi) is 2.53. The van der Waals surface area contributed by atoms with Gasteiger partial charge in [0.25, 0.3) is 0 Å². The first-order valence-corrected chi connectivity index (χ1v) is 3.81. The smallest absolute Gasteiger partial charge is 0.343 e. The van der Waals surface area contributed by atoms with E-state index in [1.165, 1.54) is 18.9 Å². The van der Waals surface area contributed by atoms with Gasteiger partial charge in [-0.05, 0) is 0 Å². The molecule has 58 valence electrons. The molecule has 0 aromatic carbocycles. The van der Waals surface area contributed by atoms with Gasteiger partial charge >= 0.3 is 5.97 Å². The third-order valence-corrected chi connectivity index (χ3v) is 2.20. The summed E-state index contributed by atoms with van der Waals surface area (Å²) in [5, 5.41) is 8.43. The van der Waals surface area contributed by atoms with Crippen LogP contribution in [0.5, 0.6) is 0 Å². The molecule has 10 heavy (non-hydrogen) atoms. The minimum Gasteiger partial charge on any atom is -0.479 e. The lowest BCUT2D eigenvalue weighted by Crippen LogP contribution is -2.19. The van der Waals surface area contributed by atoms with E-state index >= 15 is 0 Å². The second kappa shape index (κ2) is 3.23. The molecule has 2 atom stereocenters. The molecule has 0 aliphatic carbocycles. The van der Waals surface area contributed by atoms with Crippen LogP contribution in [0, 0.1) is 0 Å². The van der Waals surface area contributed by atoms with E-state index in [0.29, 0.717) is 5.75 Å². The molecule has 5 heteroatoms. The van der Waals surface area contributed by atoms with E-state index in [2.05, 4.69) is 0 Å². The van der Waals surface area contributed by atoms with Crippen LogP contribution in [-0.4, -0.2) is 35.7 Å². The molecule has 0 radical (unpaired) electrons. The van der Waals surface area contributed by atoms with Gasteiger partial charge < -0.3 is 14.6 Å². The number of ether oxygens (including phenoxy) is 2. The van der Waals surface area contributed by atoms with Crippen molar-refractivity contribution in [1.29, 1.82) is 0 Å². The van der Waals surface area contributed by atoms with E-state index in [9.17, 15) is 4.79 Å². The number of carboxylic acid groups (broad SMARTS) is 1. The first kappa shape index (κ1) is 7.84. The van der Waals surface area contributed by atoms with Gasteiger partial charge in [0.1, 0.15) is 0 Å². The van der Waals surface area contributed by atoms with Crippen molar-refractivity contribution >= 4 is 17.7 Å². The Labute approximate surface area is 62.5 Å². The molecule has 0 amide bonds. The number of hydrogen-bond acceptors (Lipinski definition) is 4. The van der Waals surface area contributed by atoms with Gasteiger partial charge in [0.2, 0.25) is 5.44 Å². The number of carboxylic acids is 1. The van der Waals surface area contributed by atoms with Crippen LogP contribution < -0.4 is 0 Å². The largest absolute Gasteiger partial charge is 0.479 e. The molecule has 1 fully saturated rings. The van der Waals surface area contributed by atoms with Gasteiger partial charge in [-0.25, -0.2) is 4.79 Å². The predicted molar refractivity (Wildman–Crippen MR) is 35.8 cm³/mol. The van der Waals surface area contributed by atoms with Gasteiger partial charge in [0.15, 0.2) is 6.29 Å². The Morgan fingerprint density at radius 1 is 1.90 bits per heavy atom. The minimum absolute atomic E-state index is 0.355. The zero-order valence-corrected chi connectivity index (χ0v) is 6.26. The second-order valence-corrected chi connectivity index (χ2v) is 2.90. The lowest BCUT2D eigenvalue weighted by Gasteiger charge is -2.05. The van der Waals surface area contributed by atoms with E-state index in [4.69, 9.17) is 14.6 Å². The number of methoxy groups -OCH3 is 1. The highest BCUT2D eigenvalue weighted by Gasteiger charge is 2.30. The van der Waals surface area contributed by atoms with Crippen LogP contribution in [0.25, 0.3) is 0 Å². The summed E-state index contributed by atoms with van der Waals surface area (Å²) < 4.78 is 9.70. The van der Waals surface area contributed by atoms with Crippen LogP contribution in [0.4, 0.5) is 0 Å². The van der Waals surface area contributed by atoms with Crippen molar-refractivity contribution in [3.63, 3.8) is 0 Å². The van der Waals surface area contributed by atoms with Gasteiger partial charge in [-0.2, -0.15) is 0 Å². The summed E-state index contributed by atoms with van der Waals surface area (Å²) in [6.07, 6.45) is -0.355. The minimum atomic E-state index is -0.940. The molecule has 1 heterocycles. The average molecular weight is 164 g/mol. The van der Waals surface area contributed by atoms with Crippen LogP contribution in [0.2, 0.25) is 0 Å². The van der Waals surface area contributed by atoms with Gasteiger partial charge in [-0.3, -0.25) is 0 Å². The van der Waals surface area contributed by atoms with Crippen molar-refractivity contribution in [1.82, 2.24) is 0 Å². The third kappa shape index (κ3) is 1.62. The molecule has 0 spiro atoms. The van der Waals surface area contributed by atoms with Crippen molar-refractivity contribution in [2.45, 2.75) is 11.7 Å². The van der Waals surface area contributed by atoms with Crippen LogP contribution >= 0.6 is 11.8 Å². The first-order chi connectivity index (χ1) is 4.74. The molecule has 1 saturated heterocycles. The van der Waals surface area contributed by atoms with Crippen LogP contribution in [0.3, 0.4) is 0 Å². The Morgan fingerprint density at radius 2 is 2.60 bits per heavy atom. The van der Waals surface area contributed by atoms with Gasteiger partial charge in [-0.15, -0.1) is 11.8 Å². The summed E-state index contributed by atoms with van der Waals surface area (Å²) >= 11 is 1.24. The van der Waals surface area contributed by atoms with Crippen molar-refractivity contribution in [2.24, 2.45) is 0 Å². The Morgan fingerprint density at radius 3 is 2.90 bits per heavy atom. The van der Waals surface area contributed by atoms with Crippen molar-refractivity contribution < 1.29 is 19.4 Å². The van der Waals surface area contributed by atoms with E-state index < -0.39 is 11.4 Å². The third-order valence-electron chi connectivity index (χ3n) is 1.12. The summed E-state index contributed by atoms with van der Waals surface area (Å²) in [6.45, 7) is 0. The predicted octanol–water partition coefficient (Wildman–Crippen LogP) is 0.133. The highest BCUT2D eigenvalue weighted by Crippen LogP contribution is 2.25. The van der Waals surface area contributed by atoms with E-state index in [1.54, 1.807) is 0 Å². The van der Waals surface area contributed by atoms with Gasteiger partial charge in [0.05, 0.1) is 0 Å². The summed E-state index contributed by atoms with van der Waals surface area (Å²) in [7, 11) is 1.50. The topological polar surface area (TPSA) is 55.8 Å². The van der Waals surface area contributed by atoms with Gasteiger partial charge in [-0.1, -0.05) is 0 Å². The summed E-state index contributed by atoms with van der Waals surface area (Å²) in [4.78, 5) is 10.3. The lowest BCUT2D eigenvalue weighted by molar-refractivity contribution is -0.158. The lowest BCUT2D eigenvalue weighted by atomic mass is 10.7. The van der Waals surface area contributed by atoms with Crippen LogP contribution in [-0.2, 0) is 14.3 Å². The molecule has 0 aromatic rings. The van der Waals surface area contributed by atoms with Crippen molar-refractivity contribution in [3.05, 3.63) is 0 Å². The fourth-order valence-electron chi connectivity index (χ4n) is 0.635. The summed E-state index contributed by atoms with van der Waals surface area (Å²) in [6, 6.07) is 0. The Hall–Kier alpha value is -0.260. The molecule has 1 unspecified atom stereocenters. The molecular weight excluding hydrogens is 156 g/mol. The molecular formula is C5H8O4S. The first-order valence-electron chi connectivity index (χ1n) is 2.76. The zero-order chi connectivity index (χ0) is 7.56. The normalized spacial score (nSPS) is 32.5. The number of hydrogen-bond donors (Lipinski definition) is 1. The SMILES string of the molecule is COC1CS[C@H](C(=O)O)O1. The quantitative estimate of drug-likeness (QED) is 0.628. The summed E-state index contributed by atoms with van der Waals surface area (Å²) in [5.74, 6) is -0.349. The van der Waals surface area contributed by atoms with Crippen molar-refractivity contribution in [3.8, 4) is 0 Å². The molecule has 1 aliphatic rings. The monoisotopic (exact) mass is 164 g/mol. The Balaban J connectivity index is 2.35. The molecule has 4 nitrogen and oxygen atoms in total. The van der Waals surface area contributed by atoms with E-state index in [1.807, 2.05) is 0 Å². The number of rotatable bonds is 2.